The minimum Gasteiger partial charge on any atom is -0.396 e. The molecule has 0 spiro atoms. The van der Waals surface area contributed by atoms with Gasteiger partial charge < -0.3 is 15.0 Å². The average Bonchev–Trinajstić information content (AvgIpc) is 2.55. The first-order chi connectivity index (χ1) is 7.93. The van der Waals surface area contributed by atoms with Crippen LogP contribution in [0.4, 0.5) is 0 Å². The Labute approximate surface area is 105 Å². The van der Waals surface area contributed by atoms with Crippen LogP contribution in [0.25, 0.3) is 0 Å². The largest absolute Gasteiger partial charge is 0.396 e. The number of aromatic nitrogens is 1. The van der Waals surface area contributed by atoms with Gasteiger partial charge in [0.1, 0.15) is 0 Å². The maximum atomic E-state index is 9.09. The predicted octanol–water partition coefficient (Wildman–Crippen LogP) is 2.28. The molecule has 0 aliphatic carbocycles. The van der Waals surface area contributed by atoms with Gasteiger partial charge in [-0.2, -0.15) is 0 Å². The first-order valence-electron chi connectivity index (χ1n) is 6.41. The van der Waals surface area contributed by atoms with Gasteiger partial charge in [0.25, 0.3) is 0 Å². The number of rotatable bonds is 6. The van der Waals surface area contributed by atoms with Crippen molar-refractivity contribution in [2.24, 2.45) is 7.05 Å². The molecule has 3 nitrogen and oxygen atoms in total. The third-order valence-electron chi connectivity index (χ3n) is 4.03. The highest BCUT2D eigenvalue weighted by atomic mass is 16.3. The number of hydrogen-bond acceptors (Lipinski definition) is 2. The van der Waals surface area contributed by atoms with E-state index in [1.807, 2.05) is 0 Å². The Bertz CT molecular complexity index is 371. The summed E-state index contributed by atoms with van der Waals surface area (Å²) in [4.78, 5) is 0. The monoisotopic (exact) mass is 238 g/mol. The highest BCUT2D eigenvalue weighted by Crippen LogP contribution is 2.18. The van der Waals surface area contributed by atoms with Gasteiger partial charge in [0, 0.05) is 37.1 Å². The summed E-state index contributed by atoms with van der Waals surface area (Å²) in [5.74, 6) is 0. The van der Waals surface area contributed by atoms with Crippen LogP contribution in [0.2, 0.25) is 0 Å². The third kappa shape index (κ3) is 3.33. The molecule has 1 unspecified atom stereocenters. The molecule has 0 saturated heterocycles. The molecule has 17 heavy (non-hydrogen) atoms. The van der Waals surface area contributed by atoms with E-state index in [-0.39, 0.29) is 12.1 Å². The SMILES string of the molecule is CCC(C)(CCO)NCc1cc(C)n(C)c1C. The molecule has 0 aliphatic rings. The highest BCUT2D eigenvalue weighted by Gasteiger charge is 2.20. The molecular formula is C14H26N2O. The van der Waals surface area contributed by atoms with Crippen molar-refractivity contribution in [3.05, 3.63) is 23.0 Å². The minimum absolute atomic E-state index is 0.0327. The molecule has 0 radical (unpaired) electrons. The number of hydrogen-bond donors (Lipinski definition) is 2. The second-order valence-electron chi connectivity index (χ2n) is 5.20. The molecule has 98 valence electrons. The zero-order chi connectivity index (χ0) is 13.1. The van der Waals surface area contributed by atoms with E-state index in [4.69, 9.17) is 5.11 Å². The van der Waals surface area contributed by atoms with Crippen molar-refractivity contribution < 1.29 is 5.11 Å². The van der Waals surface area contributed by atoms with E-state index in [0.29, 0.717) is 0 Å². The van der Waals surface area contributed by atoms with E-state index < -0.39 is 0 Å². The predicted molar refractivity (Wildman–Crippen MR) is 72.1 cm³/mol. The van der Waals surface area contributed by atoms with Crippen molar-refractivity contribution in [1.29, 1.82) is 0 Å². The molecule has 0 bridgehead atoms. The maximum Gasteiger partial charge on any atom is 0.0448 e. The number of aryl methyl sites for hydroxylation is 1. The second kappa shape index (κ2) is 5.69. The van der Waals surface area contributed by atoms with Crippen LogP contribution >= 0.6 is 0 Å². The van der Waals surface area contributed by atoms with Crippen LogP contribution < -0.4 is 5.32 Å². The summed E-state index contributed by atoms with van der Waals surface area (Å²) in [6, 6.07) is 2.23. The van der Waals surface area contributed by atoms with Crippen molar-refractivity contribution in [3.8, 4) is 0 Å². The molecule has 0 amide bonds. The third-order valence-corrected chi connectivity index (χ3v) is 4.03. The number of aliphatic hydroxyl groups is 1. The molecule has 1 rings (SSSR count). The van der Waals surface area contributed by atoms with Gasteiger partial charge in [-0.3, -0.25) is 0 Å². The van der Waals surface area contributed by atoms with Gasteiger partial charge in [-0.1, -0.05) is 6.92 Å². The zero-order valence-electron chi connectivity index (χ0n) is 11.8. The van der Waals surface area contributed by atoms with Crippen molar-refractivity contribution in [2.75, 3.05) is 6.61 Å². The van der Waals surface area contributed by atoms with Crippen LogP contribution in [0, 0.1) is 13.8 Å². The second-order valence-corrected chi connectivity index (χ2v) is 5.20. The van der Waals surface area contributed by atoms with Gasteiger partial charge >= 0.3 is 0 Å². The van der Waals surface area contributed by atoms with Crippen molar-refractivity contribution in [2.45, 2.75) is 52.6 Å². The fourth-order valence-electron chi connectivity index (χ4n) is 2.06. The van der Waals surface area contributed by atoms with Crippen LogP contribution in [0.3, 0.4) is 0 Å². The van der Waals surface area contributed by atoms with E-state index in [9.17, 15) is 0 Å². The molecular weight excluding hydrogens is 212 g/mol. The molecule has 3 heteroatoms. The lowest BCUT2D eigenvalue weighted by Gasteiger charge is -2.29. The van der Waals surface area contributed by atoms with Crippen molar-refractivity contribution >= 4 is 0 Å². The minimum atomic E-state index is 0.0327. The van der Waals surface area contributed by atoms with Crippen LogP contribution in [0.1, 0.15) is 43.6 Å². The average molecular weight is 238 g/mol. The quantitative estimate of drug-likeness (QED) is 0.798. The Balaban J connectivity index is 2.69. The fraction of sp³-hybridized carbons (Fsp3) is 0.714. The standard InChI is InChI=1S/C14H26N2O/c1-6-14(4,7-8-17)15-10-13-9-11(2)16(5)12(13)3/h9,15,17H,6-8,10H2,1-5H3. The van der Waals surface area contributed by atoms with E-state index in [0.717, 1.165) is 19.4 Å². The van der Waals surface area contributed by atoms with Gasteiger partial charge in [-0.15, -0.1) is 0 Å². The van der Waals surface area contributed by atoms with Gasteiger partial charge in [-0.25, -0.2) is 0 Å². The molecule has 1 heterocycles. The first kappa shape index (κ1) is 14.3. The van der Waals surface area contributed by atoms with Crippen LogP contribution in [0.5, 0.6) is 0 Å². The first-order valence-corrected chi connectivity index (χ1v) is 6.41. The van der Waals surface area contributed by atoms with Gasteiger partial charge in [-0.05, 0) is 45.2 Å². The van der Waals surface area contributed by atoms with E-state index in [2.05, 4.69) is 50.7 Å². The van der Waals surface area contributed by atoms with E-state index in [1.165, 1.54) is 17.0 Å². The Morgan fingerprint density at radius 1 is 1.41 bits per heavy atom. The molecule has 1 aromatic heterocycles. The smallest absolute Gasteiger partial charge is 0.0448 e. The topological polar surface area (TPSA) is 37.2 Å². The van der Waals surface area contributed by atoms with Gasteiger partial charge in [0.15, 0.2) is 0 Å². The van der Waals surface area contributed by atoms with Gasteiger partial charge in [0.2, 0.25) is 0 Å². The Morgan fingerprint density at radius 3 is 2.47 bits per heavy atom. The number of nitrogens with zero attached hydrogens (tertiary/aromatic N) is 1. The molecule has 1 atom stereocenters. The number of nitrogens with one attached hydrogen (secondary N) is 1. The Hall–Kier alpha value is -0.800. The number of aliphatic hydroxyl groups excluding tert-OH is 1. The molecule has 0 aliphatic heterocycles. The van der Waals surface area contributed by atoms with Crippen molar-refractivity contribution in [1.82, 2.24) is 9.88 Å². The Morgan fingerprint density at radius 2 is 2.06 bits per heavy atom. The van der Waals surface area contributed by atoms with E-state index >= 15 is 0 Å². The summed E-state index contributed by atoms with van der Waals surface area (Å²) < 4.78 is 2.21. The maximum absolute atomic E-state index is 9.09. The van der Waals surface area contributed by atoms with Gasteiger partial charge in [0.05, 0.1) is 0 Å². The normalized spacial score (nSPS) is 14.9. The molecule has 1 aromatic rings. The molecule has 0 fully saturated rings. The van der Waals surface area contributed by atoms with Crippen LogP contribution in [-0.4, -0.2) is 21.8 Å². The van der Waals surface area contributed by atoms with Crippen molar-refractivity contribution in [3.63, 3.8) is 0 Å². The molecule has 0 saturated carbocycles. The summed E-state index contributed by atoms with van der Waals surface area (Å²) in [7, 11) is 2.10. The van der Waals surface area contributed by atoms with Crippen LogP contribution in [-0.2, 0) is 13.6 Å². The zero-order valence-corrected chi connectivity index (χ0v) is 11.8. The summed E-state index contributed by atoms with van der Waals surface area (Å²) in [5.41, 5.74) is 3.99. The fourth-order valence-corrected chi connectivity index (χ4v) is 2.06. The molecule has 0 aromatic carbocycles. The Kier molecular flexibility index (Phi) is 4.78. The highest BCUT2D eigenvalue weighted by molar-refractivity contribution is 5.26. The summed E-state index contributed by atoms with van der Waals surface area (Å²) in [6.45, 7) is 9.73. The molecule has 2 N–H and O–H groups in total. The van der Waals surface area contributed by atoms with Crippen LogP contribution in [0.15, 0.2) is 6.07 Å². The lowest BCUT2D eigenvalue weighted by Crippen LogP contribution is -2.42. The summed E-state index contributed by atoms with van der Waals surface area (Å²) in [6.07, 6.45) is 1.83. The lowest BCUT2D eigenvalue weighted by molar-refractivity contribution is 0.214. The van der Waals surface area contributed by atoms with E-state index in [1.54, 1.807) is 0 Å². The lowest BCUT2D eigenvalue weighted by atomic mass is 9.94. The summed E-state index contributed by atoms with van der Waals surface area (Å²) in [5, 5.41) is 12.7. The summed E-state index contributed by atoms with van der Waals surface area (Å²) >= 11 is 0.